The predicted molar refractivity (Wildman–Crippen MR) is 78.4 cm³/mol. The van der Waals surface area contributed by atoms with Crippen molar-refractivity contribution in [1.82, 2.24) is 15.5 Å². The van der Waals surface area contributed by atoms with Crippen molar-refractivity contribution >= 4 is 5.91 Å². The molecule has 1 amide bonds. The highest BCUT2D eigenvalue weighted by molar-refractivity contribution is 5.77. The second kappa shape index (κ2) is 8.71. The van der Waals surface area contributed by atoms with Gasteiger partial charge in [-0.15, -0.1) is 0 Å². The standard InChI is InChI=1S/C15H22FN3O2/c16-14-3-1-13(2-4-14)11-17-12-15(20)18-5-6-19-7-9-21-10-8-19/h1-4,17H,5-12H2,(H,18,20). The number of carbonyl (C=O) groups excluding carboxylic acids is 1. The van der Waals surface area contributed by atoms with Crippen LogP contribution in [0.25, 0.3) is 0 Å². The molecule has 0 aromatic heterocycles. The lowest BCUT2D eigenvalue weighted by molar-refractivity contribution is -0.120. The van der Waals surface area contributed by atoms with Gasteiger partial charge >= 0.3 is 0 Å². The lowest BCUT2D eigenvalue weighted by Crippen LogP contribution is -2.42. The van der Waals surface area contributed by atoms with E-state index in [1.165, 1.54) is 12.1 Å². The molecule has 0 radical (unpaired) electrons. The number of nitrogens with one attached hydrogen (secondary N) is 2. The van der Waals surface area contributed by atoms with Crippen LogP contribution >= 0.6 is 0 Å². The van der Waals surface area contributed by atoms with E-state index in [2.05, 4.69) is 15.5 Å². The van der Waals surface area contributed by atoms with Crippen LogP contribution in [-0.4, -0.2) is 56.7 Å². The number of ether oxygens (including phenoxy) is 1. The van der Waals surface area contributed by atoms with Gasteiger partial charge in [-0.05, 0) is 17.7 Å². The van der Waals surface area contributed by atoms with Crippen LogP contribution in [0.1, 0.15) is 5.56 Å². The van der Waals surface area contributed by atoms with Gasteiger partial charge in [-0.3, -0.25) is 9.69 Å². The predicted octanol–water partition coefficient (Wildman–Crippen LogP) is 0.364. The Hall–Kier alpha value is -1.50. The fourth-order valence-corrected chi connectivity index (χ4v) is 2.16. The maximum atomic E-state index is 12.7. The van der Waals surface area contributed by atoms with Gasteiger partial charge in [-0.25, -0.2) is 4.39 Å². The molecule has 0 aliphatic carbocycles. The van der Waals surface area contributed by atoms with Crippen molar-refractivity contribution in [2.24, 2.45) is 0 Å². The lowest BCUT2D eigenvalue weighted by atomic mass is 10.2. The number of hydrogen-bond donors (Lipinski definition) is 2. The van der Waals surface area contributed by atoms with Gasteiger partial charge in [-0.1, -0.05) is 12.1 Å². The Bertz CT molecular complexity index is 433. The molecule has 1 aromatic carbocycles. The van der Waals surface area contributed by atoms with Crippen LogP contribution in [0.4, 0.5) is 4.39 Å². The summed E-state index contributed by atoms with van der Waals surface area (Å²) in [6.07, 6.45) is 0. The Balaban J connectivity index is 1.54. The molecule has 1 saturated heterocycles. The van der Waals surface area contributed by atoms with Crippen molar-refractivity contribution < 1.29 is 13.9 Å². The Kier molecular flexibility index (Phi) is 6.59. The smallest absolute Gasteiger partial charge is 0.234 e. The first-order valence-electron chi connectivity index (χ1n) is 7.26. The van der Waals surface area contributed by atoms with Crippen LogP contribution in [0.2, 0.25) is 0 Å². The minimum atomic E-state index is -0.250. The van der Waals surface area contributed by atoms with Crippen LogP contribution in [-0.2, 0) is 16.1 Å². The van der Waals surface area contributed by atoms with Gasteiger partial charge in [0.15, 0.2) is 0 Å². The Morgan fingerprint density at radius 1 is 1.24 bits per heavy atom. The van der Waals surface area contributed by atoms with Crippen LogP contribution in [0, 0.1) is 5.82 Å². The number of rotatable bonds is 7. The molecule has 1 heterocycles. The first-order chi connectivity index (χ1) is 10.2. The summed E-state index contributed by atoms with van der Waals surface area (Å²) in [5.41, 5.74) is 0.956. The average molecular weight is 295 g/mol. The number of benzene rings is 1. The monoisotopic (exact) mass is 295 g/mol. The first-order valence-corrected chi connectivity index (χ1v) is 7.26. The van der Waals surface area contributed by atoms with Crippen molar-refractivity contribution in [2.75, 3.05) is 45.9 Å². The maximum Gasteiger partial charge on any atom is 0.234 e. The van der Waals surface area contributed by atoms with Crippen molar-refractivity contribution in [1.29, 1.82) is 0 Å². The zero-order valence-corrected chi connectivity index (χ0v) is 12.1. The molecule has 0 unspecified atom stereocenters. The molecule has 116 valence electrons. The molecule has 0 spiro atoms. The van der Waals surface area contributed by atoms with Gasteiger partial charge < -0.3 is 15.4 Å². The molecule has 0 atom stereocenters. The Morgan fingerprint density at radius 3 is 2.67 bits per heavy atom. The van der Waals surface area contributed by atoms with Gasteiger partial charge in [0.1, 0.15) is 5.82 Å². The lowest BCUT2D eigenvalue weighted by Gasteiger charge is -2.26. The summed E-state index contributed by atoms with van der Waals surface area (Å²) >= 11 is 0. The van der Waals surface area contributed by atoms with E-state index in [-0.39, 0.29) is 18.3 Å². The fraction of sp³-hybridized carbons (Fsp3) is 0.533. The molecular weight excluding hydrogens is 273 g/mol. The normalized spacial score (nSPS) is 15.9. The highest BCUT2D eigenvalue weighted by atomic mass is 19.1. The van der Waals surface area contributed by atoms with Gasteiger partial charge in [0.05, 0.1) is 19.8 Å². The topological polar surface area (TPSA) is 53.6 Å². The van der Waals surface area contributed by atoms with E-state index < -0.39 is 0 Å². The third kappa shape index (κ3) is 6.20. The largest absolute Gasteiger partial charge is 0.379 e. The summed E-state index contributed by atoms with van der Waals surface area (Å²) in [4.78, 5) is 13.9. The zero-order valence-electron chi connectivity index (χ0n) is 12.1. The molecule has 21 heavy (non-hydrogen) atoms. The van der Waals surface area contributed by atoms with Gasteiger partial charge in [0, 0.05) is 32.7 Å². The van der Waals surface area contributed by atoms with Crippen LogP contribution < -0.4 is 10.6 Å². The molecule has 0 bridgehead atoms. The zero-order chi connectivity index (χ0) is 14.9. The van der Waals surface area contributed by atoms with E-state index in [1.807, 2.05) is 0 Å². The van der Waals surface area contributed by atoms with Crippen molar-refractivity contribution in [2.45, 2.75) is 6.54 Å². The number of morpholine rings is 1. The summed E-state index contributed by atoms with van der Waals surface area (Å²) in [7, 11) is 0. The van der Waals surface area contributed by atoms with Crippen molar-refractivity contribution in [3.63, 3.8) is 0 Å². The maximum absolute atomic E-state index is 12.7. The minimum absolute atomic E-state index is 0.0228. The fourth-order valence-electron chi connectivity index (χ4n) is 2.16. The quantitative estimate of drug-likeness (QED) is 0.763. The second-order valence-corrected chi connectivity index (χ2v) is 5.03. The van der Waals surface area contributed by atoms with Crippen LogP contribution in [0.15, 0.2) is 24.3 Å². The molecule has 5 nitrogen and oxygen atoms in total. The number of nitrogens with zero attached hydrogens (tertiary/aromatic N) is 1. The Labute approximate surface area is 124 Å². The molecule has 1 aliphatic rings. The second-order valence-electron chi connectivity index (χ2n) is 5.03. The number of carbonyl (C=O) groups is 1. The molecule has 0 saturated carbocycles. The van der Waals surface area contributed by atoms with Gasteiger partial charge in [0.2, 0.25) is 5.91 Å². The molecular formula is C15H22FN3O2. The summed E-state index contributed by atoms with van der Waals surface area (Å²) in [6.45, 7) is 5.72. The molecule has 2 rings (SSSR count). The number of amides is 1. The summed E-state index contributed by atoms with van der Waals surface area (Å²) in [6, 6.07) is 6.25. The first kappa shape index (κ1) is 15.9. The minimum Gasteiger partial charge on any atom is -0.379 e. The third-order valence-corrected chi connectivity index (χ3v) is 3.38. The summed E-state index contributed by atoms with van der Waals surface area (Å²) < 4.78 is 18.0. The highest BCUT2D eigenvalue weighted by Crippen LogP contribution is 2.01. The average Bonchev–Trinajstić information content (AvgIpc) is 2.50. The number of hydrogen-bond acceptors (Lipinski definition) is 4. The summed E-state index contributed by atoms with van der Waals surface area (Å²) in [5.74, 6) is -0.273. The van der Waals surface area contributed by atoms with Crippen LogP contribution in [0.3, 0.4) is 0 Å². The van der Waals surface area contributed by atoms with E-state index in [9.17, 15) is 9.18 Å². The van der Waals surface area contributed by atoms with Crippen molar-refractivity contribution in [3.05, 3.63) is 35.6 Å². The van der Waals surface area contributed by atoms with Gasteiger partial charge in [0.25, 0.3) is 0 Å². The van der Waals surface area contributed by atoms with E-state index >= 15 is 0 Å². The van der Waals surface area contributed by atoms with E-state index in [0.717, 1.165) is 38.4 Å². The van der Waals surface area contributed by atoms with E-state index in [1.54, 1.807) is 12.1 Å². The summed E-state index contributed by atoms with van der Waals surface area (Å²) in [5, 5.41) is 5.92. The highest BCUT2D eigenvalue weighted by Gasteiger charge is 2.09. The van der Waals surface area contributed by atoms with Gasteiger partial charge in [-0.2, -0.15) is 0 Å². The third-order valence-electron chi connectivity index (χ3n) is 3.38. The molecule has 1 aliphatic heterocycles. The SMILES string of the molecule is O=C(CNCc1ccc(F)cc1)NCCN1CCOCC1. The van der Waals surface area contributed by atoms with E-state index in [4.69, 9.17) is 4.74 Å². The number of halogens is 1. The van der Waals surface area contributed by atoms with Crippen molar-refractivity contribution in [3.8, 4) is 0 Å². The Morgan fingerprint density at radius 2 is 1.95 bits per heavy atom. The molecule has 1 aromatic rings. The molecule has 6 heteroatoms. The van der Waals surface area contributed by atoms with Crippen LogP contribution in [0.5, 0.6) is 0 Å². The van der Waals surface area contributed by atoms with E-state index in [0.29, 0.717) is 13.1 Å². The molecule has 2 N–H and O–H groups in total. The molecule has 1 fully saturated rings.